The van der Waals surface area contributed by atoms with Crippen LogP contribution in [-0.2, 0) is 0 Å². The summed E-state index contributed by atoms with van der Waals surface area (Å²) < 4.78 is 5.54. The van der Waals surface area contributed by atoms with E-state index in [4.69, 9.17) is 9.72 Å². The Balaban J connectivity index is 1.92. The summed E-state index contributed by atoms with van der Waals surface area (Å²) in [4.78, 5) is 4.85. The molecule has 0 aliphatic carbocycles. The maximum Gasteiger partial charge on any atom is 0.126 e. The highest BCUT2D eigenvalue weighted by atomic mass is 16.5. The smallest absolute Gasteiger partial charge is 0.126 e. The number of methoxy groups -OCH3 is 1. The van der Waals surface area contributed by atoms with E-state index in [9.17, 15) is 0 Å². The Morgan fingerprint density at radius 3 is 2.12 bits per heavy atom. The Labute approximate surface area is 141 Å². The van der Waals surface area contributed by atoms with Crippen LogP contribution in [0.15, 0.2) is 84.9 Å². The third kappa shape index (κ3) is 2.52. The van der Waals surface area contributed by atoms with E-state index in [0.717, 1.165) is 39.0 Å². The number of rotatable bonds is 3. The molecule has 0 radical (unpaired) electrons. The minimum atomic E-state index is 0.866. The Bertz CT molecular complexity index is 1010. The van der Waals surface area contributed by atoms with Gasteiger partial charge in [0.05, 0.1) is 18.3 Å². The van der Waals surface area contributed by atoms with Crippen molar-refractivity contribution in [3.8, 4) is 28.1 Å². The number of fused-ring (bicyclic) bond motifs is 1. The number of pyridine rings is 1. The summed E-state index contributed by atoms with van der Waals surface area (Å²) in [5.41, 5.74) is 5.27. The van der Waals surface area contributed by atoms with Crippen molar-refractivity contribution in [2.24, 2.45) is 0 Å². The summed E-state index contributed by atoms with van der Waals surface area (Å²) in [5.74, 6) is 0.866. The molecule has 0 saturated heterocycles. The van der Waals surface area contributed by atoms with Gasteiger partial charge in [-0.05, 0) is 23.8 Å². The molecule has 2 nitrogen and oxygen atoms in total. The maximum atomic E-state index is 5.54. The molecule has 0 unspecified atom stereocenters. The molecule has 1 aromatic heterocycles. The van der Waals surface area contributed by atoms with Crippen molar-refractivity contribution < 1.29 is 4.74 Å². The van der Waals surface area contributed by atoms with E-state index in [0.29, 0.717) is 0 Å². The SMILES string of the molecule is COc1ccccc1-c1ccccc1-c1ccc2ccccc2n1. The lowest BCUT2D eigenvalue weighted by molar-refractivity contribution is 0.416. The van der Waals surface area contributed by atoms with Crippen molar-refractivity contribution >= 4 is 10.9 Å². The van der Waals surface area contributed by atoms with Gasteiger partial charge in [0.15, 0.2) is 0 Å². The van der Waals surface area contributed by atoms with E-state index >= 15 is 0 Å². The highest BCUT2D eigenvalue weighted by Crippen LogP contribution is 2.36. The molecule has 24 heavy (non-hydrogen) atoms. The fourth-order valence-corrected chi connectivity index (χ4v) is 3.02. The number of hydrogen-bond donors (Lipinski definition) is 0. The second-order valence-electron chi connectivity index (χ2n) is 5.64. The van der Waals surface area contributed by atoms with Gasteiger partial charge >= 0.3 is 0 Å². The number of para-hydroxylation sites is 2. The zero-order chi connectivity index (χ0) is 16.4. The zero-order valence-electron chi connectivity index (χ0n) is 13.4. The Kier molecular flexibility index (Phi) is 3.72. The summed E-state index contributed by atoms with van der Waals surface area (Å²) >= 11 is 0. The molecule has 2 heteroatoms. The summed E-state index contributed by atoms with van der Waals surface area (Å²) in [6.07, 6.45) is 0. The Morgan fingerprint density at radius 1 is 0.625 bits per heavy atom. The van der Waals surface area contributed by atoms with Crippen molar-refractivity contribution in [1.29, 1.82) is 0 Å². The number of benzene rings is 3. The van der Waals surface area contributed by atoms with Gasteiger partial charge in [0.2, 0.25) is 0 Å². The monoisotopic (exact) mass is 311 g/mol. The van der Waals surface area contributed by atoms with Crippen LogP contribution in [0.2, 0.25) is 0 Å². The van der Waals surface area contributed by atoms with Crippen LogP contribution in [0.1, 0.15) is 0 Å². The maximum absolute atomic E-state index is 5.54. The lowest BCUT2D eigenvalue weighted by Gasteiger charge is -2.13. The number of hydrogen-bond acceptors (Lipinski definition) is 2. The molecule has 3 aromatic carbocycles. The van der Waals surface area contributed by atoms with Gasteiger partial charge in [-0.1, -0.05) is 66.7 Å². The molecule has 0 bridgehead atoms. The topological polar surface area (TPSA) is 22.1 Å². The first-order chi connectivity index (χ1) is 11.9. The van der Waals surface area contributed by atoms with Crippen LogP contribution < -0.4 is 4.74 Å². The average molecular weight is 311 g/mol. The molecule has 4 rings (SSSR count). The van der Waals surface area contributed by atoms with Crippen molar-refractivity contribution in [3.63, 3.8) is 0 Å². The van der Waals surface area contributed by atoms with Gasteiger partial charge in [-0.3, -0.25) is 0 Å². The van der Waals surface area contributed by atoms with Crippen LogP contribution in [0.5, 0.6) is 5.75 Å². The van der Waals surface area contributed by atoms with E-state index in [1.807, 2.05) is 48.5 Å². The van der Waals surface area contributed by atoms with Crippen molar-refractivity contribution in [2.75, 3.05) is 7.11 Å². The molecule has 0 amide bonds. The molecule has 0 saturated carbocycles. The standard InChI is InChI=1S/C22H17NO/c1-24-22-13-7-5-11-19(22)17-9-3-4-10-18(17)21-15-14-16-8-2-6-12-20(16)23-21/h2-15H,1H3. The van der Waals surface area contributed by atoms with E-state index in [1.165, 1.54) is 0 Å². The molecular weight excluding hydrogens is 294 g/mol. The molecular formula is C22H17NO. The first kappa shape index (κ1) is 14.5. The van der Waals surface area contributed by atoms with Gasteiger partial charge < -0.3 is 4.74 Å². The second kappa shape index (κ2) is 6.17. The van der Waals surface area contributed by atoms with Gasteiger partial charge in [0, 0.05) is 16.5 Å². The number of aromatic nitrogens is 1. The highest BCUT2D eigenvalue weighted by Gasteiger charge is 2.12. The van der Waals surface area contributed by atoms with Crippen LogP contribution in [0.4, 0.5) is 0 Å². The van der Waals surface area contributed by atoms with E-state index in [-0.39, 0.29) is 0 Å². The summed E-state index contributed by atoms with van der Waals surface area (Å²) in [7, 11) is 1.70. The zero-order valence-corrected chi connectivity index (χ0v) is 13.4. The first-order valence-corrected chi connectivity index (χ1v) is 7.95. The normalized spacial score (nSPS) is 10.7. The molecule has 1 heterocycles. The molecule has 0 atom stereocenters. The predicted molar refractivity (Wildman–Crippen MR) is 99.2 cm³/mol. The van der Waals surface area contributed by atoms with Gasteiger partial charge in [0.1, 0.15) is 5.75 Å². The van der Waals surface area contributed by atoms with Gasteiger partial charge in [-0.2, -0.15) is 0 Å². The van der Waals surface area contributed by atoms with Crippen LogP contribution in [0, 0.1) is 0 Å². The molecule has 0 N–H and O–H groups in total. The minimum Gasteiger partial charge on any atom is -0.496 e. The number of ether oxygens (including phenoxy) is 1. The van der Waals surface area contributed by atoms with E-state index in [1.54, 1.807) is 7.11 Å². The molecule has 116 valence electrons. The molecule has 0 aliphatic heterocycles. The lowest BCUT2D eigenvalue weighted by atomic mass is 9.96. The predicted octanol–water partition coefficient (Wildman–Crippen LogP) is 5.58. The Morgan fingerprint density at radius 2 is 1.29 bits per heavy atom. The van der Waals surface area contributed by atoms with Crippen LogP contribution in [0.3, 0.4) is 0 Å². The first-order valence-electron chi connectivity index (χ1n) is 7.95. The average Bonchev–Trinajstić information content (AvgIpc) is 2.67. The summed E-state index contributed by atoms with van der Waals surface area (Å²) in [5, 5.41) is 1.15. The molecule has 0 fully saturated rings. The highest BCUT2D eigenvalue weighted by molar-refractivity contribution is 5.88. The van der Waals surface area contributed by atoms with Crippen LogP contribution in [0.25, 0.3) is 33.3 Å². The third-order valence-electron chi connectivity index (χ3n) is 4.20. The van der Waals surface area contributed by atoms with Crippen LogP contribution >= 0.6 is 0 Å². The third-order valence-corrected chi connectivity index (χ3v) is 4.20. The molecule has 4 aromatic rings. The minimum absolute atomic E-state index is 0.866. The largest absolute Gasteiger partial charge is 0.496 e. The van der Waals surface area contributed by atoms with Crippen molar-refractivity contribution in [2.45, 2.75) is 0 Å². The fraction of sp³-hybridized carbons (Fsp3) is 0.0455. The van der Waals surface area contributed by atoms with Gasteiger partial charge in [-0.15, -0.1) is 0 Å². The van der Waals surface area contributed by atoms with E-state index in [2.05, 4.69) is 36.4 Å². The quantitative estimate of drug-likeness (QED) is 0.493. The second-order valence-corrected chi connectivity index (χ2v) is 5.64. The van der Waals surface area contributed by atoms with Crippen molar-refractivity contribution in [3.05, 3.63) is 84.9 Å². The molecule has 0 spiro atoms. The van der Waals surface area contributed by atoms with Crippen LogP contribution in [-0.4, -0.2) is 12.1 Å². The lowest BCUT2D eigenvalue weighted by Crippen LogP contribution is -1.92. The van der Waals surface area contributed by atoms with Gasteiger partial charge in [-0.25, -0.2) is 4.98 Å². The summed E-state index contributed by atoms with van der Waals surface area (Å²) in [6.45, 7) is 0. The fourth-order valence-electron chi connectivity index (χ4n) is 3.02. The summed E-state index contributed by atoms with van der Waals surface area (Å²) in [6, 6.07) is 28.8. The Hall–Kier alpha value is -3.13. The van der Waals surface area contributed by atoms with Crippen molar-refractivity contribution in [1.82, 2.24) is 4.98 Å². The number of nitrogens with zero attached hydrogens (tertiary/aromatic N) is 1. The van der Waals surface area contributed by atoms with E-state index < -0.39 is 0 Å². The van der Waals surface area contributed by atoms with Gasteiger partial charge in [0.25, 0.3) is 0 Å². The molecule has 0 aliphatic rings.